The van der Waals surface area contributed by atoms with Crippen molar-refractivity contribution in [3.8, 4) is 11.4 Å². The van der Waals surface area contributed by atoms with E-state index in [-0.39, 0.29) is 24.1 Å². The molecule has 2 N–H and O–H groups in total. The smallest absolute Gasteiger partial charge is 0.417 e. The van der Waals surface area contributed by atoms with Gasteiger partial charge >= 0.3 is 18.4 Å². The van der Waals surface area contributed by atoms with E-state index >= 15 is 0 Å². The number of fused-ring (bicyclic) bond motifs is 1. The first-order valence-electron chi connectivity index (χ1n) is 15.4. The van der Waals surface area contributed by atoms with E-state index in [0.29, 0.717) is 82.5 Å². The Balaban J connectivity index is 1.31. The molecule has 20 heteroatoms. The Morgan fingerprint density at radius 1 is 1.02 bits per heavy atom. The highest BCUT2D eigenvalue weighted by atomic mass is 19.4. The van der Waals surface area contributed by atoms with Crippen molar-refractivity contribution in [2.24, 2.45) is 0 Å². The Labute approximate surface area is 281 Å². The monoisotopic (exact) mass is 713 g/mol. The number of hydrogen-bond acceptors (Lipinski definition) is 10. The van der Waals surface area contributed by atoms with Gasteiger partial charge in [-0.25, -0.2) is 19.3 Å². The molecule has 0 aromatic carbocycles. The number of hydrogen-bond donors (Lipinski definition) is 2. The van der Waals surface area contributed by atoms with E-state index in [1.54, 1.807) is 11.1 Å². The standard InChI is InChI=1S/C30H33F6N9O5/c1-49-28(48)39-23-14-21(30(34,35)36)20(15-37-23)26-40-27(44-9-11-50-12-10-44)22-13-19(18-45(22)41-26)17-42-5-7-43(8-6-42)25(47)16-38-24(46)3-2-4-29(31,32)33/h2-3,13-15,18H,4-12,16-17H2,1H3,(H,38,46)(H,37,39,48)/b3-2+. The summed E-state index contributed by atoms with van der Waals surface area (Å²) in [7, 11) is 1.07. The number of allylic oxidation sites excluding steroid dienone is 1. The highest BCUT2D eigenvalue weighted by Gasteiger charge is 2.36. The molecule has 0 saturated carbocycles. The zero-order chi connectivity index (χ0) is 36.1. The molecule has 2 saturated heterocycles. The zero-order valence-corrected chi connectivity index (χ0v) is 26.7. The molecule has 0 spiro atoms. The Bertz CT molecular complexity index is 1730. The minimum absolute atomic E-state index is 0.236. The first kappa shape index (κ1) is 36.3. The third kappa shape index (κ3) is 9.37. The number of carbonyl (C=O) groups is 3. The number of alkyl halides is 6. The Hall–Kier alpha value is -4.98. The number of rotatable bonds is 9. The molecule has 0 atom stereocenters. The first-order valence-corrected chi connectivity index (χ1v) is 15.4. The van der Waals surface area contributed by atoms with Crippen molar-refractivity contribution in [1.82, 2.24) is 34.7 Å². The number of piperazine rings is 1. The quantitative estimate of drug-likeness (QED) is 0.251. The summed E-state index contributed by atoms with van der Waals surface area (Å²) in [6.45, 7) is 3.35. The molecule has 14 nitrogen and oxygen atoms in total. The molecule has 0 aliphatic carbocycles. The maximum absolute atomic E-state index is 14.3. The minimum Gasteiger partial charge on any atom is -0.453 e. The number of morpholine rings is 1. The summed E-state index contributed by atoms with van der Waals surface area (Å²) in [6.07, 6.45) is -7.45. The predicted molar refractivity (Wildman–Crippen MR) is 165 cm³/mol. The number of nitrogens with zero attached hydrogens (tertiary/aromatic N) is 7. The molecular weight excluding hydrogens is 680 g/mol. The normalized spacial score (nSPS) is 16.2. The van der Waals surface area contributed by atoms with Crippen molar-refractivity contribution in [3.63, 3.8) is 0 Å². The molecule has 3 aromatic rings. The van der Waals surface area contributed by atoms with Crippen LogP contribution in [0.1, 0.15) is 17.5 Å². The first-order chi connectivity index (χ1) is 23.7. The molecule has 2 aliphatic rings. The predicted octanol–water partition coefficient (Wildman–Crippen LogP) is 3.09. The van der Waals surface area contributed by atoms with Gasteiger partial charge in [-0.1, -0.05) is 6.08 Å². The van der Waals surface area contributed by atoms with Gasteiger partial charge in [-0.15, -0.1) is 5.10 Å². The number of amides is 3. The molecule has 0 bridgehead atoms. The fourth-order valence-corrected chi connectivity index (χ4v) is 5.38. The highest BCUT2D eigenvalue weighted by molar-refractivity contribution is 5.91. The molecule has 5 heterocycles. The summed E-state index contributed by atoms with van der Waals surface area (Å²) >= 11 is 0. The lowest BCUT2D eigenvalue weighted by Crippen LogP contribution is -2.50. The van der Waals surface area contributed by atoms with Crippen LogP contribution in [-0.4, -0.2) is 120 Å². The lowest BCUT2D eigenvalue weighted by Gasteiger charge is -2.34. The maximum Gasteiger partial charge on any atom is 0.417 e. The van der Waals surface area contributed by atoms with Crippen LogP contribution in [0.3, 0.4) is 0 Å². The summed E-state index contributed by atoms with van der Waals surface area (Å²) in [5, 5.41) is 8.85. The van der Waals surface area contributed by atoms with Crippen LogP contribution in [0.25, 0.3) is 16.9 Å². The van der Waals surface area contributed by atoms with Crippen LogP contribution in [0.4, 0.5) is 42.8 Å². The largest absolute Gasteiger partial charge is 0.453 e. The van der Waals surface area contributed by atoms with Crippen molar-refractivity contribution >= 4 is 35.1 Å². The SMILES string of the molecule is COC(=O)Nc1cc(C(F)(F)F)c(-c2nc(N3CCOCC3)c3cc(CN4CCN(C(=O)CNC(=O)/C=C/CC(F)(F)F)CC4)cn3n2)cn1. The van der Waals surface area contributed by atoms with Crippen molar-refractivity contribution in [3.05, 3.63) is 47.8 Å². The lowest BCUT2D eigenvalue weighted by molar-refractivity contribution is -0.137. The van der Waals surface area contributed by atoms with E-state index in [1.807, 2.05) is 11.0 Å². The van der Waals surface area contributed by atoms with Crippen molar-refractivity contribution < 1.29 is 50.2 Å². The van der Waals surface area contributed by atoms with Gasteiger partial charge in [0.05, 0.1) is 44.4 Å². The average molecular weight is 714 g/mol. The Morgan fingerprint density at radius 2 is 1.74 bits per heavy atom. The molecule has 3 aromatic heterocycles. The fraction of sp³-hybridized carbons (Fsp3) is 0.467. The molecule has 2 aliphatic heterocycles. The lowest BCUT2D eigenvalue weighted by atomic mass is 10.1. The van der Waals surface area contributed by atoms with E-state index in [0.717, 1.165) is 24.9 Å². The second kappa shape index (κ2) is 15.3. The maximum atomic E-state index is 14.3. The number of ether oxygens (including phenoxy) is 2. The molecule has 5 rings (SSSR count). The van der Waals surface area contributed by atoms with Gasteiger partial charge in [0.25, 0.3) is 0 Å². The molecule has 50 heavy (non-hydrogen) atoms. The number of halogens is 6. The second-order valence-electron chi connectivity index (χ2n) is 11.4. The van der Waals surface area contributed by atoms with E-state index < -0.39 is 41.9 Å². The van der Waals surface area contributed by atoms with E-state index in [4.69, 9.17) is 4.74 Å². The van der Waals surface area contributed by atoms with Crippen LogP contribution in [0.15, 0.2) is 36.7 Å². The zero-order valence-electron chi connectivity index (χ0n) is 26.7. The number of carbonyl (C=O) groups excluding carboxylic acids is 3. The second-order valence-corrected chi connectivity index (χ2v) is 11.4. The van der Waals surface area contributed by atoms with Crippen LogP contribution < -0.4 is 15.5 Å². The Kier molecular flexibility index (Phi) is 11.1. The van der Waals surface area contributed by atoms with Crippen LogP contribution >= 0.6 is 0 Å². The van der Waals surface area contributed by atoms with E-state index in [1.165, 1.54) is 4.52 Å². The van der Waals surface area contributed by atoms with Gasteiger partial charge in [0.1, 0.15) is 11.3 Å². The third-order valence-electron chi connectivity index (χ3n) is 7.84. The molecule has 270 valence electrons. The van der Waals surface area contributed by atoms with Gasteiger partial charge in [-0.05, 0) is 23.8 Å². The van der Waals surface area contributed by atoms with Gasteiger partial charge in [0.2, 0.25) is 11.8 Å². The number of nitrogens with one attached hydrogen (secondary N) is 2. The summed E-state index contributed by atoms with van der Waals surface area (Å²) < 4.78 is 90.9. The topological polar surface area (TPSA) is 147 Å². The number of methoxy groups -OCH3 is 1. The van der Waals surface area contributed by atoms with Crippen LogP contribution in [0.2, 0.25) is 0 Å². The molecular formula is C30H33F6N9O5. The molecule has 0 unspecified atom stereocenters. The number of pyridine rings is 1. The number of anilines is 2. The van der Waals surface area contributed by atoms with Crippen LogP contribution in [0, 0.1) is 0 Å². The van der Waals surface area contributed by atoms with Crippen molar-refractivity contribution in [2.45, 2.75) is 25.3 Å². The minimum atomic E-state index is -4.84. The van der Waals surface area contributed by atoms with E-state index in [2.05, 4.69) is 35.3 Å². The molecule has 0 radical (unpaired) electrons. The van der Waals surface area contributed by atoms with Gasteiger partial charge < -0.3 is 24.6 Å². The number of aromatic nitrogens is 4. The molecule has 3 amide bonds. The summed E-state index contributed by atoms with van der Waals surface area (Å²) in [5.41, 5.74) is -0.155. The van der Waals surface area contributed by atoms with Crippen molar-refractivity contribution in [1.29, 1.82) is 0 Å². The average Bonchev–Trinajstić information content (AvgIpc) is 3.48. The van der Waals surface area contributed by atoms with Gasteiger partial charge in [0, 0.05) is 58.2 Å². The van der Waals surface area contributed by atoms with Gasteiger partial charge in [-0.2, -0.15) is 26.3 Å². The van der Waals surface area contributed by atoms with E-state index in [9.17, 15) is 40.7 Å². The highest BCUT2D eigenvalue weighted by Crippen LogP contribution is 2.38. The molecule has 2 fully saturated rings. The summed E-state index contributed by atoms with van der Waals surface area (Å²) in [5.74, 6) is -1.38. The van der Waals surface area contributed by atoms with Gasteiger partial charge in [0.15, 0.2) is 11.6 Å². The summed E-state index contributed by atoms with van der Waals surface area (Å²) in [4.78, 5) is 50.0. The van der Waals surface area contributed by atoms with Crippen LogP contribution in [-0.2, 0) is 31.8 Å². The van der Waals surface area contributed by atoms with Gasteiger partial charge in [-0.3, -0.25) is 19.8 Å². The summed E-state index contributed by atoms with van der Waals surface area (Å²) in [6, 6.07) is 2.53. The van der Waals surface area contributed by atoms with Crippen molar-refractivity contribution in [2.75, 3.05) is 76.4 Å². The van der Waals surface area contributed by atoms with Crippen LogP contribution in [0.5, 0.6) is 0 Å². The Morgan fingerprint density at radius 3 is 2.40 bits per heavy atom. The fourth-order valence-electron chi connectivity index (χ4n) is 5.38. The third-order valence-corrected chi connectivity index (χ3v) is 7.84.